The van der Waals surface area contributed by atoms with Gasteiger partial charge in [-0.05, 0) is 37.0 Å². The minimum absolute atomic E-state index is 0.143. The monoisotopic (exact) mass is 312 g/mol. The molecular weight excluding hydrogens is 292 g/mol. The van der Waals surface area contributed by atoms with Crippen LogP contribution in [0.4, 0.5) is 5.69 Å². The Morgan fingerprint density at radius 3 is 2.52 bits per heavy atom. The van der Waals surface area contributed by atoms with Crippen LogP contribution >= 0.6 is 0 Å². The van der Waals surface area contributed by atoms with E-state index < -0.39 is 16.0 Å². The second kappa shape index (κ2) is 6.44. The molecular formula is C14H20N2O4S. The van der Waals surface area contributed by atoms with Gasteiger partial charge in [-0.3, -0.25) is 4.79 Å². The third kappa shape index (κ3) is 5.02. The first-order chi connectivity index (χ1) is 9.83. The van der Waals surface area contributed by atoms with E-state index in [1.165, 1.54) is 0 Å². The molecule has 6 nitrogen and oxygen atoms in total. The van der Waals surface area contributed by atoms with Crippen molar-refractivity contribution in [3.63, 3.8) is 0 Å². The first kappa shape index (κ1) is 15.8. The van der Waals surface area contributed by atoms with Crippen molar-refractivity contribution >= 4 is 21.7 Å². The van der Waals surface area contributed by atoms with Gasteiger partial charge in [-0.2, -0.15) is 0 Å². The van der Waals surface area contributed by atoms with Crippen LogP contribution in [0.3, 0.4) is 0 Å². The summed E-state index contributed by atoms with van der Waals surface area (Å²) in [6.45, 7) is 0. The standard InChI is InChI=1S/C14H20N2O4S/c15-21(19,20)9-10-4-6-12(7-5-10)16-13-3-1-2-11(8-13)14(17)18/h4-7,11,13,16H,1-3,8-9H2,(H,17,18)(H2,15,19,20). The van der Waals surface area contributed by atoms with Crippen LogP contribution in [0.2, 0.25) is 0 Å². The van der Waals surface area contributed by atoms with Gasteiger partial charge in [0.15, 0.2) is 0 Å². The molecule has 0 amide bonds. The first-order valence-corrected chi connectivity index (χ1v) is 8.64. The molecule has 0 radical (unpaired) electrons. The quantitative estimate of drug-likeness (QED) is 0.764. The summed E-state index contributed by atoms with van der Waals surface area (Å²) in [6.07, 6.45) is 3.20. The number of sulfonamides is 1. The van der Waals surface area contributed by atoms with Crippen molar-refractivity contribution in [1.82, 2.24) is 0 Å². The Hall–Kier alpha value is -1.60. The highest BCUT2D eigenvalue weighted by Crippen LogP contribution is 2.27. The summed E-state index contributed by atoms with van der Waals surface area (Å²) >= 11 is 0. The van der Waals surface area contributed by atoms with Gasteiger partial charge in [-0.15, -0.1) is 0 Å². The number of carboxylic acids is 1. The Morgan fingerprint density at radius 1 is 1.29 bits per heavy atom. The van der Waals surface area contributed by atoms with Crippen LogP contribution in [0.25, 0.3) is 0 Å². The first-order valence-electron chi connectivity index (χ1n) is 6.92. The van der Waals surface area contributed by atoms with E-state index in [9.17, 15) is 13.2 Å². The molecule has 1 aliphatic carbocycles. The zero-order valence-electron chi connectivity index (χ0n) is 11.7. The van der Waals surface area contributed by atoms with Gasteiger partial charge in [0.25, 0.3) is 0 Å². The van der Waals surface area contributed by atoms with Crippen LogP contribution in [0.1, 0.15) is 31.2 Å². The molecule has 0 spiro atoms. The number of benzene rings is 1. The number of anilines is 1. The second-order valence-electron chi connectivity index (χ2n) is 5.55. The Morgan fingerprint density at radius 2 is 1.95 bits per heavy atom. The van der Waals surface area contributed by atoms with Gasteiger partial charge in [0.05, 0.1) is 11.7 Å². The fourth-order valence-electron chi connectivity index (χ4n) is 2.71. The maximum Gasteiger partial charge on any atom is 0.306 e. The molecule has 116 valence electrons. The molecule has 0 bridgehead atoms. The van der Waals surface area contributed by atoms with Crippen molar-refractivity contribution in [3.8, 4) is 0 Å². The Balaban J connectivity index is 1.95. The number of aliphatic carboxylic acids is 1. The van der Waals surface area contributed by atoms with Gasteiger partial charge in [-0.1, -0.05) is 18.6 Å². The molecule has 7 heteroatoms. The third-order valence-corrected chi connectivity index (χ3v) is 4.45. The van der Waals surface area contributed by atoms with Gasteiger partial charge < -0.3 is 10.4 Å². The SMILES string of the molecule is NS(=O)(=O)Cc1ccc(NC2CCCC(C(=O)O)C2)cc1. The maximum atomic E-state index is 11.0. The highest BCUT2D eigenvalue weighted by molar-refractivity contribution is 7.88. The molecule has 21 heavy (non-hydrogen) atoms. The van der Waals surface area contributed by atoms with Crippen LogP contribution in [0, 0.1) is 5.92 Å². The van der Waals surface area contributed by atoms with Crippen molar-refractivity contribution in [2.45, 2.75) is 37.5 Å². The predicted octanol–water partition coefficient (Wildman–Crippen LogP) is 1.53. The van der Waals surface area contributed by atoms with Crippen LogP contribution < -0.4 is 10.5 Å². The van der Waals surface area contributed by atoms with Gasteiger partial charge in [0, 0.05) is 11.7 Å². The summed E-state index contributed by atoms with van der Waals surface area (Å²) in [5, 5.41) is 17.4. The van der Waals surface area contributed by atoms with Crippen molar-refractivity contribution < 1.29 is 18.3 Å². The molecule has 1 aliphatic rings. The van der Waals surface area contributed by atoms with Crippen LogP contribution in [0.5, 0.6) is 0 Å². The fourth-order valence-corrected chi connectivity index (χ4v) is 3.37. The topological polar surface area (TPSA) is 109 Å². The van der Waals surface area contributed by atoms with Gasteiger partial charge in [-0.25, -0.2) is 13.6 Å². The lowest BCUT2D eigenvalue weighted by atomic mass is 9.85. The molecule has 1 aromatic carbocycles. The lowest BCUT2D eigenvalue weighted by Gasteiger charge is -2.28. The number of primary sulfonamides is 1. The zero-order chi connectivity index (χ0) is 15.5. The summed E-state index contributed by atoms with van der Waals surface area (Å²) in [4.78, 5) is 11.0. The molecule has 0 aliphatic heterocycles. The number of rotatable bonds is 5. The molecule has 0 saturated heterocycles. The average molecular weight is 312 g/mol. The normalized spacial score (nSPS) is 22.7. The molecule has 1 saturated carbocycles. The minimum atomic E-state index is -3.52. The van der Waals surface area contributed by atoms with E-state index in [4.69, 9.17) is 10.2 Å². The van der Waals surface area contributed by atoms with E-state index in [0.29, 0.717) is 12.0 Å². The van der Waals surface area contributed by atoms with Gasteiger partial charge in [0.1, 0.15) is 0 Å². The van der Waals surface area contributed by atoms with E-state index >= 15 is 0 Å². The van der Waals surface area contributed by atoms with Crippen molar-refractivity contribution in [2.24, 2.45) is 11.1 Å². The highest BCUT2D eigenvalue weighted by atomic mass is 32.2. The average Bonchev–Trinajstić information content (AvgIpc) is 2.40. The molecule has 1 fully saturated rings. The summed E-state index contributed by atoms with van der Waals surface area (Å²) in [5.41, 5.74) is 1.50. The van der Waals surface area contributed by atoms with E-state index in [2.05, 4.69) is 5.32 Å². The summed E-state index contributed by atoms with van der Waals surface area (Å²) in [5.74, 6) is -1.19. The summed E-state index contributed by atoms with van der Waals surface area (Å²) in [7, 11) is -3.52. The maximum absolute atomic E-state index is 11.0. The minimum Gasteiger partial charge on any atom is -0.481 e. The van der Waals surface area contributed by atoms with E-state index in [1.807, 2.05) is 0 Å². The lowest BCUT2D eigenvalue weighted by Crippen LogP contribution is -2.30. The number of hydrogen-bond acceptors (Lipinski definition) is 4. The van der Waals surface area contributed by atoms with Crippen molar-refractivity contribution in [3.05, 3.63) is 29.8 Å². The third-order valence-electron chi connectivity index (χ3n) is 3.72. The Bertz CT molecular complexity index is 598. The van der Waals surface area contributed by atoms with E-state index in [-0.39, 0.29) is 17.7 Å². The van der Waals surface area contributed by atoms with E-state index in [0.717, 1.165) is 24.9 Å². The fraction of sp³-hybridized carbons (Fsp3) is 0.500. The molecule has 0 heterocycles. The lowest BCUT2D eigenvalue weighted by molar-refractivity contribution is -0.142. The Labute approximate surface area is 124 Å². The molecule has 2 rings (SSSR count). The predicted molar refractivity (Wildman–Crippen MR) is 80.3 cm³/mol. The van der Waals surface area contributed by atoms with Crippen LogP contribution in [0.15, 0.2) is 24.3 Å². The van der Waals surface area contributed by atoms with Crippen LogP contribution in [-0.2, 0) is 20.6 Å². The van der Waals surface area contributed by atoms with E-state index in [1.54, 1.807) is 24.3 Å². The highest BCUT2D eigenvalue weighted by Gasteiger charge is 2.26. The molecule has 1 aromatic rings. The largest absolute Gasteiger partial charge is 0.481 e. The summed E-state index contributed by atoms with van der Waals surface area (Å²) < 4.78 is 22.0. The summed E-state index contributed by atoms with van der Waals surface area (Å²) in [6, 6.07) is 7.16. The molecule has 2 atom stereocenters. The second-order valence-corrected chi connectivity index (χ2v) is 7.16. The number of nitrogens with two attached hydrogens (primary N) is 1. The molecule has 4 N–H and O–H groups in total. The molecule has 0 aromatic heterocycles. The zero-order valence-corrected chi connectivity index (χ0v) is 12.5. The van der Waals surface area contributed by atoms with Gasteiger partial charge >= 0.3 is 5.97 Å². The molecule has 2 unspecified atom stereocenters. The Kier molecular flexibility index (Phi) is 4.84. The smallest absolute Gasteiger partial charge is 0.306 e. The van der Waals surface area contributed by atoms with Gasteiger partial charge in [0.2, 0.25) is 10.0 Å². The number of hydrogen-bond donors (Lipinski definition) is 3. The van der Waals surface area contributed by atoms with Crippen LogP contribution in [-0.4, -0.2) is 25.5 Å². The number of carboxylic acid groups (broad SMARTS) is 1. The van der Waals surface area contributed by atoms with Crippen molar-refractivity contribution in [2.75, 3.05) is 5.32 Å². The number of nitrogens with one attached hydrogen (secondary N) is 1. The number of carbonyl (C=O) groups is 1. The van der Waals surface area contributed by atoms with Crippen molar-refractivity contribution in [1.29, 1.82) is 0 Å².